The molecule has 0 saturated carbocycles. The molecule has 3 heterocycles. The van der Waals surface area contributed by atoms with Crippen LogP contribution < -0.4 is 30.5 Å². The molecule has 4 rings (SSSR count). The van der Waals surface area contributed by atoms with Gasteiger partial charge in [0.15, 0.2) is 0 Å². The summed E-state index contributed by atoms with van der Waals surface area (Å²) in [5.41, 5.74) is 7.69. The van der Waals surface area contributed by atoms with Crippen LogP contribution in [0.1, 0.15) is 17.9 Å². The molecule has 30 heavy (non-hydrogen) atoms. The number of amides is 1. The number of pyridine rings is 1. The number of carbonyl (C=O) groups is 1. The molecule has 0 bridgehead atoms. The zero-order valence-corrected chi connectivity index (χ0v) is 16.4. The van der Waals surface area contributed by atoms with Crippen LogP contribution >= 0.6 is 0 Å². The van der Waals surface area contributed by atoms with E-state index in [0.717, 1.165) is 18.7 Å². The van der Waals surface area contributed by atoms with Crippen LogP contribution in [-0.4, -0.2) is 50.3 Å². The molecule has 8 nitrogen and oxygen atoms in total. The number of alkyl halides is 2. The van der Waals surface area contributed by atoms with Gasteiger partial charge in [0.05, 0.1) is 7.11 Å². The van der Waals surface area contributed by atoms with E-state index in [2.05, 4.69) is 25.9 Å². The Hall–Kier alpha value is -2.98. The maximum atomic E-state index is 12.9. The van der Waals surface area contributed by atoms with Crippen molar-refractivity contribution in [3.05, 3.63) is 42.0 Å². The van der Waals surface area contributed by atoms with Crippen LogP contribution in [-0.2, 0) is 4.79 Å². The van der Waals surface area contributed by atoms with Gasteiger partial charge < -0.3 is 14.8 Å². The van der Waals surface area contributed by atoms with Crippen molar-refractivity contribution in [3.63, 3.8) is 0 Å². The summed E-state index contributed by atoms with van der Waals surface area (Å²) in [4.78, 5) is 19.1. The number of carbonyl (C=O) groups excluding carboxylic acids is 1. The lowest BCUT2D eigenvalue weighted by Crippen LogP contribution is -2.34. The topological polar surface area (TPSA) is 87.8 Å². The Kier molecular flexibility index (Phi) is 5.96. The minimum Gasteiger partial charge on any atom is -0.481 e. The van der Waals surface area contributed by atoms with E-state index < -0.39 is 12.7 Å². The average molecular weight is 419 g/mol. The molecular weight excluding hydrogens is 396 g/mol. The van der Waals surface area contributed by atoms with E-state index in [1.807, 2.05) is 12.1 Å². The molecule has 3 N–H and O–H groups in total. The molecule has 2 aromatic rings. The molecular formula is C20H23F2N5O3. The van der Waals surface area contributed by atoms with Crippen LogP contribution in [0.2, 0.25) is 0 Å². The number of aromatic nitrogens is 1. The highest BCUT2D eigenvalue weighted by Gasteiger charge is 2.34. The van der Waals surface area contributed by atoms with E-state index in [4.69, 9.17) is 4.74 Å². The van der Waals surface area contributed by atoms with Gasteiger partial charge in [-0.15, -0.1) is 0 Å². The number of halogens is 2. The third-order valence-electron chi connectivity index (χ3n) is 5.21. The maximum Gasteiger partial charge on any atom is 0.387 e. The van der Waals surface area contributed by atoms with E-state index in [-0.39, 0.29) is 17.6 Å². The summed E-state index contributed by atoms with van der Waals surface area (Å²) in [5.74, 6) is 1.17. The lowest BCUT2D eigenvalue weighted by Gasteiger charge is -2.19. The van der Waals surface area contributed by atoms with Gasteiger partial charge in [0, 0.05) is 42.9 Å². The van der Waals surface area contributed by atoms with Gasteiger partial charge in [-0.3, -0.25) is 20.5 Å². The van der Waals surface area contributed by atoms with Crippen LogP contribution in [0.15, 0.2) is 36.4 Å². The molecule has 0 spiro atoms. The van der Waals surface area contributed by atoms with Crippen LogP contribution in [0, 0.1) is 0 Å². The van der Waals surface area contributed by atoms with Gasteiger partial charge >= 0.3 is 6.61 Å². The number of hydrazine groups is 1. The highest BCUT2D eigenvalue weighted by atomic mass is 19.3. The number of rotatable bonds is 7. The minimum absolute atomic E-state index is 0.0372. The second-order valence-corrected chi connectivity index (χ2v) is 7.11. The van der Waals surface area contributed by atoms with Gasteiger partial charge in [-0.05, 0) is 30.7 Å². The third kappa shape index (κ3) is 4.29. The predicted octanol–water partition coefficient (Wildman–Crippen LogP) is 2.10. The van der Waals surface area contributed by atoms with E-state index >= 15 is 0 Å². The minimum atomic E-state index is -2.90. The highest BCUT2D eigenvalue weighted by molar-refractivity contribution is 6.00. The summed E-state index contributed by atoms with van der Waals surface area (Å²) in [6.07, 6.45) is 0.557. The van der Waals surface area contributed by atoms with E-state index in [9.17, 15) is 13.6 Å². The number of benzene rings is 1. The number of hydrogen-bond acceptors (Lipinski definition) is 7. The smallest absolute Gasteiger partial charge is 0.387 e. The fourth-order valence-corrected chi connectivity index (χ4v) is 3.75. The zero-order chi connectivity index (χ0) is 21.1. The number of nitrogens with one attached hydrogen (secondary N) is 3. The summed E-state index contributed by atoms with van der Waals surface area (Å²) in [5, 5.41) is 3.10. The first-order valence-corrected chi connectivity index (χ1v) is 9.68. The first-order chi connectivity index (χ1) is 14.5. The first kappa shape index (κ1) is 20.3. The Bertz CT molecular complexity index is 908. The molecule has 0 radical (unpaired) electrons. The number of hydrogen-bond donors (Lipinski definition) is 3. The quantitative estimate of drug-likeness (QED) is 0.634. The van der Waals surface area contributed by atoms with Crippen molar-refractivity contribution < 1.29 is 23.0 Å². The molecule has 2 aliphatic heterocycles. The SMILES string of the molecule is COc1nc(N2CCC(Nc3cccc(OC(F)F)c3)C2=O)ccc1C1CNNC1. The fraction of sp³-hybridized carbons (Fsp3) is 0.400. The Morgan fingerprint density at radius 2 is 2.03 bits per heavy atom. The number of methoxy groups -OCH3 is 1. The largest absolute Gasteiger partial charge is 0.481 e. The molecule has 10 heteroatoms. The molecule has 1 unspecified atom stereocenters. The lowest BCUT2D eigenvalue weighted by atomic mass is 10.0. The monoisotopic (exact) mass is 419 g/mol. The van der Waals surface area contributed by atoms with E-state index in [1.54, 1.807) is 24.1 Å². The molecule has 2 aliphatic rings. The van der Waals surface area contributed by atoms with Crippen molar-refractivity contribution in [2.24, 2.45) is 0 Å². The maximum absolute atomic E-state index is 12.9. The van der Waals surface area contributed by atoms with Gasteiger partial charge in [0.2, 0.25) is 5.88 Å². The summed E-state index contributed by atoms with van der Waals surface area (Å²) in [6.45, 7) is -0.851. The molecule has 1 amide bonds. The van der Waals surface area contributed by atoms with Gasteiger partial charge in [-0.25, -0.2) is 0 Å². The molecule has 1 atom stereocenters. The summed E-state index contributed by atoms with van der Waals surface area (Å²) >= 11 is 0. The Labute approximate surface area is 172 Å². The molecule has 0 aliphatic carbocycles. The van der Waals surface area contributed by atoms with Gasteiger partial charge in [-0.2, -0.15) is 13.8 Å². The van der Waals surface area contributed by atoms with Crippen LogP contribution in [0.5, 0.6) is 11.6 Å². The Morgan fingerprint density at radius 3 is 2.77 bits per heavy atom. The molecule has 1 aromatic carbocycles. The Morgan fingerprint density at radius 1 is 1.23 bits per heavy atom. The van der Waals surface area contributed by atoms with E-state index in [1.165, 1.54) is 12.1 Å². The van der Waals surface area contributed by atoms with Crippen molar-refractivity contribution in [2.45, 2.75) is 25.0 Å². The molecule has 2 saturated heterocycles. The van der Waals surface area contributed by atoms with Crippen LogP contribution in [0.25, 0.3) is 0 Å². The van der Waals surface area contributed by atoms with Crippen molar-refractivity contribution in [3.8, 4) is 11.6 Å². The molecule has 1 aromatic heterocycles. The lowest BCUT2D eigenvalue weighted by molar-refractivity contribution is -0.117. The predicted molar refractivity (Wildman–Crippen MR) is 107 cm³/mol. The fourth-order valence-electron chi connectivity index (χ4n) is 3.75. The Balaban J connectivity index is 1.47. The van der Waals surface area contributed by atoms with Crippen LogP contribution in [0.4, 0.5) is 20.3 Å². The molecule has 160 valence electrons. The number of nitrogens with zero attached hydrogens (tertiary/aromatic N) is 2. The van der Waals surface area contributed by atoms with Crippen molar-refractivity contribution >= 4 is 17.4 Å². The second kappa shape index (κ2) is 8.80. The average Bonchev–Trinajstić information content (AvgIpc) is 3.38. The highest BCUT2D eigenvalue weighted by Crippen LogP contribution is 2.30. The number of anilines is 2. The molecule has 2 fully saturated rings. The van der Waals surface area contributed by atoms with E-state index in [0.29, 0.717) is 30.4 Å². The standard InChI is InChI=1S/C20H23F2N5O3/c1-29-18-15(12-10-23-24-11-12)5-6-17(26-18)27-8-7-16(19(27)28)25-13-3-2-4-14(9-13)30-20(21)22/h2-6,9,12,16,20,23-25H,7-8,10-11H2,1H3. The zero-order valence-electron chi connectivity index (χ0n) is 16.4. The summed E-state index contributed by atoms with van der Waals surface area (Å²) in [6, 6.07) is 9.47. The normalized spacial score (nSPS) is 19.5. The van der Waals surface area contributed by atoms with Crippen molar-refractivity contribution in [2.75, 3.05) is 37.0 Å². The van der Waals surface area contributed by atoms with Crippen LogP contribution in [0.3, 0.4) is 0 Å². The van der Waals surface area contributed by atoms with Crippen molar-refractivity contribution in [1.29, 1.82) is 0 Å². The summed E-state index contributed by atoms with van der Waals surface area (Å²) < 4.78 is 34.7. The number of ether oxygens (including phenoxy) is 2. The van der Waals surface area contributed by atoms with Gasteiger partial charge in [0.1, 0.15) is 17.6 Å². The first-order valence-electron chi connectivity index (χ1n) is 9.68. The van der Waals surface area contributed by atoms with Gasteiger partial charge in [0.25, 0.3) is 5.91 Å². The summed E-state index contributed by atoms with van der Waals surface area (Å²) in [7, 11) is 1.57. The third-order valence-corrected chi connectivity index (χ3v) is 5.21. The van der Waals surface area contributed by atoms with Gasteiger partial charge in [-0.1, -0.05) is 6.07 Å². The second-order valence-electron chi connectivity index (χ2n) is 7.11. The van der Waals surface area contributed by atoms with Crippen molar-refractivity contribution in [1.82, 2.24) is 15.8 Å².